The largest absolute Gasteiger partial charge is 0.394 e. The Hall–Kier alpha value is -0.870. The smallest absolute Gasteiger partial charge is 0.227 e. The Morgan fingerprint density at radius 3 is 2.89 bits per heavy atom. The number of piperidine rings is 1. The van der Waals surface area contributed by atoms with Crippen molar-refractivity contribution in [2.75, 3.05) is 13.2 Å². The summed E-state index contributed by atoms with van der Waals surface area (Å²) in [5.41, 5.74) is 1.00. The zero-order valence-electron chi connectivity index (χ0n) is 11.2. The normalized spacial score (nSPS) is 23.4. The quantitative estimate of drug-likeness (QED) is 0.928. The van der Waals surface area contributed by atoms with Gasteiger partial charge in [0.05, 0.1) is 19.1 Å². The Balaban J connectivity index is 2.08. The lowest BCUT2D eigenvalue weighted by molar-refractivity contribution is -0.136. The molecule has 2 atom stereocenters. The second-order valence-corrected chi connectivity index (χ2v) is 6.08. The fourth-order valence-electron chi connectivity index (χ4n) is 2.74. The average Bonchev–Trinajstić information content (AvgIpc) is 2.41. The number of amides is 1. The monoisotopic (exact) mass is 325 g/mol. The molecule has 0 radical (unpaired) electrons. The Kier molecular flexibility index (Phi) is 4.99. The molecule has 1 aliphatic rings. The molecule has 2 unspecified atom stereocenters. The molecule has 1 N–H and O–H groups in total. The third-order valence-electron chi connectivity index (χ3n) is 3.92. The number of aliphatic hydroxyl groups excluding tert-OH is 1. The van der Waals surface area contributed by atoms with Gasteiger partial charge in [0.25, 0.3) is 0 Å². The maximum Gasteiger partial charge on any atom is 0.227 e. The van der Waals surface area contributed by atoms with E-state index in [1.807, 2.05) is 29.2 Å². The number of likely N-dealkylation sites (tertiary alicyclic amines) is 1. The maximum absolute atomic E-state index is 12.4. The summed E-state index contributed by atoms with van der Waals surface area (Å²) in [6.45, 7) is 2.93. The second kappa shape index (κ2) is 6.53. The molecule has 1 aromatic carbocycles. The summed E-state index contributed by atoms with van der Waals surface area (Å²) in [6.07, 6.45) is 2.51. The lowest BCUT2D eigenvalue weighted by Gasteiger charge is -2.39. The fraction of sp³-hybridized carbons (Fsp3) is 0.533. The van der Waals surface area contributed by atoms with Gasteiger partial charge in [-0.1, -0.05) is 41.1 Å². The first-order valence-electron chi connectivity index (χ1n) is 6.77. The van der Waals surface area contributed by atoms with E-state index in [4.69, 9.17) is 0 Å². The molecule has 0 aliphatic carbocycles. The first-order valence-corrected chi connectivity index (χ1v) is 7.56. The van der Waals surface area contributed by atoms with Gasteiger partial charge in [0.1, 0.15) is 0 Å². The summed E-state index contributed by atoms with van der Waals surface area (Å²) < 4.78 is 0.967. The fourth-order valence-corrected chi connectivity index (χ4v) is 3.17. The molecule has 0 aromatic heterocycles. The van der Waals surface area contributed by atoms with Crippen molar-refractivity contribution in [1.29, 1.82) is 0 Å². The summed E-state index contributed by atoms with van der Waals surface area (Å²) in [5, 5.41) is 9.50. The molecule has 0 bridgehead atoms. The molecular formula is C15H20BrNO2. The molecule has 2 rings (SSSR count). The number of carbonyl (C=O) groups is 1. The molecule has 1 amide bonds. The van der Waals surface area contributed by atoms with Crippen molar-refractivity contribution in [3.63, 3.8) is 0 Å². The van der Waals surface area contributed by atoms with Crippen LogP contribution in [0.2, 0.25) is 0 Å². The van der Waals surface area contributed by atoms with Crippen LogP contribution in [0.15, 0.2) is 28.7 Å². The van der Waals surface area contributed by atoms with Gasteiger partial charge < -0.3 is 10.0 Å². The lowest BCUT2D eigenvalue weighted by Crippen LogP contribution is -2.50. The summed E-state index contributed by atoms with van der Waals surface area (Å²) in [6, 6.07) is 7.77. The van der Waals surface area contributed by atoms with E-state index < -0.39 is 0 Å². The van der Waals surface area contributed by atoms with Crippen molar-refractivity contribution in [3.8, 4) is 0 Å². The summed E-state index contributed by atoms with van der Waals surface area (Å²) in [4.78, 5) is 14.3. The first-order chi connectivity index (χ1) is 9.13. The van der Waals surface area contributed by atoms with Crippen LogP contribution in [-0.2, 0) is 11.2 Å². The molecule has 0 saturated carbocycles. The number of nitrogens with zero attached hydrogens (tertiary/aromatic N) is 1. The van der Waals surface area contributed by atoms with E-state index in [0.717, 1.165) is 29.4 Å². The molecule has 1 saturated heterocycles. The highest BCUT2D eigenvalue weighted by Crippen LogP contribution is 2.25. The third kappa shape index (κ3) is 3.37. The van der Waals surface area contributed by atoms with E-state index in [-0.39, 0.29) is 18.6 Å². The highest BCUT2D eigenvalue weighted by molar-refractivity contribution is 9.10. The van der Waals surface area contributed by atoms with E-state index >= 15 is 0 Å². The maximum atomic E-state index is 12.4. The second-order valence-electron chi connectivity index (χ2n) is 5.22. The van der Waals surface area contributed by atoms with Crippen LogP contribution in [0.3, 0.4) is 0 Å². The van der Waals surface area contributed by atoms with Crippen molar-refractivity contribution in [1.82, 2.24) is 4.90 Å². The number of halogens is 1. The summed E-state index contributed by atoms with van der Waals surface area (Å²) in [7, 11) is 0. The third-order valence-corrected chi connectivity index (χ3v) is 4.70. The van der Waals surface area contributed by atoms with Gasteiger partial charge in [-0.2, -0.15) is 0 Å². The predicted octanol–water partition coefficient (Wildman–Crippen LogP) is 2.61. The number of hydrogen-bond acceptors (Lipinski definition) is 2. The van der Waals surface area contributed by atoms with Gasteiger partial charge in [0, 0.05) is 11.0 Å². The molecular weight excluding hydrogens is 306 g/mol. The molecule has 104 valence electrons. The van der Waals surface area contributed by atoms with Crippen molar-refractivity contribution >= 4 is 21.8 Å². The predicted molar refractivity (Wildman–Crippen MR) is 78.8 cm³/mol. The Labute approximate surface area is 122 Å². The van der Waals surface area contributed by atoms with E-state index in [9.17, 15) is 9.90 Å². The molecule has 4 heteroatoms. The van der Waals surface area contributed by atoms with Gasteiger partial charge in [-0.3, -0.25) is 4.79 Å². The van der Waals surface area contributed by atoms with E-state index in [2.05, 4.69) is 22.9 Å². The van der Waals surface area contributed by atoms with E-state index in [0.29, 0.717) is 12.3 Å². The van der Waals surface area contributed by atoms with Crippen LogP contribution < -0.4 is 0 Å². The number of hydrogen-bond donors (Lipinski definition) is 1. The lowest BCUT2D eigenvalue weighted by atomic mass is 9.91. The Morgan fingerprint density at radius 2 is 2.21 bits per heavy atom. The minimum absolute atomic E-state index is 0.0243. The minimum atomic E-state index is -0.0243. The number of benzene rings is 1. The molecule has 1 aliphatic heterocycles. The zero-order chi connectivity index (χ0) is 13.8. The van der Waals surface area contributed by atoms with Gasteiger partial charge in [-0.05, 0) is 30.4 Å². The van der Waals surface area contributed by atoms with Crippen LogP contribution in [0.1, 0.15) is 25.3 Å². The van der Waals surface area contributed by atoms with Crippen molar-refractivity contribution < 1.29 is 9.90 Å². The Morgan fingerprint density at radius 1 is 1.47 bits per heavy atom. The topological polar surface area (TPSA) is 40.5 Å². The van der Waals surface area contributed by atoms with Crippen molar-refractivity contribution in [2.24, 2.45) is 5.92 Å². The minimum Gasteiger partial charge on any atom is -0.394 e. The molecule has 1 fully saturated rings. The van der Waals surface area contributed by atoms with Gasteiger partial charge in [0.15, 0.2) is 0 Å². The van der Waals surface area contributed by atoms with Gasteiger partial charge in [-0.15, -0.1) is 0 Å². The summed E-state index contributed by atoms with van der Waals surface area (Å²) >= 11 is 3.47. The van der Waals surface area contributed by atoms with Crippen molar-refractivity contribution in [2.45, 2.75) is 32.2 Å². The van der Waals surface area contributed by atoms with Crippen molar-refractivity contribution in [3.05, 3.63) is 34.3 Å². The molecule has 0 spiro atoms. The number of rotatable bonds is 3. The highest BCUT2D eigenvalue weighted by Gasteiger charge is 2.31. The van der Waals surface area contributed by atoms with Crippen LogP contribution in [0.25, 0.3) is 0 Å². The first kappa shape index (κ1) is 14.5. The zero-order valence-corrected chi connectivity index (χ0v) is 12.8. The van der Waals surface area contributed by atoms with E-state index in [1.165, 1.54) is 0 Å². The SMILES string of the molecule is CC1CCCN(C(=O)Cc2ccccc2Br)C1CO. The number of aliphatic hydroxyl groups is 1. The van der Waals surface area contributed by atoms with Crippen LogP contribution in [0, 0.1) is 5.92 Å². The van der Waals surface area contributed by atoms with Gasteiger partial charge in [-0.25, -0.2) is 0 Å². The molecule has 19 heavy (non-hydrogen) atoms. The van der Waals surface area contributed by atoms with Crippen LogP contribution in [0.5, 0.6) is 0 Å². The molecule has 3 nitrogen and oxygen atoms in total. The van der Waals surface area contributed by atoms with Crippen LogP contribution in [0.4, 0.5) is 0 Å². The van der Waals surface area contributed by atoms with E-state index in [1.54, 1.807) is 0 Å². The highest BCUT2D eigenvalue weighted by atomic mass is 79.9. The van der Waals surface area contributed by atoms with Crippen LogP contribution >= 0.6 is 15.9 Å². The Bertz CT molecular complexity index is 450. The molecule has 1 heterocycles. The van der Waals surface area contributed by atoms with Crippen LogP contribution in [-0.4, -0.2) is 35.1 Å². The number of carbonyl (C=O) groups excluding carboxylic acids is 1. The van der Waals surface area contributed by atoms with Gasteiger partial charge >= 0.3 is 0 Å². The standard InChI is InChI=1S/C15H20BrNO2/c1-11-5-4-8-17(14(11)10-18)15(19)9-12-6-2-3-7-13(12)16/h2-3,6-7,11,14,18H,4-5,8-10H2,1H3. The summed E-state index contributed by atoms with van der Waals surface area (Å²) in [5.74, 6) is 0.486. The average molecular weight is 326 g/mol. The molecule has 1 aromatic rings. The van der Waals surface area contributed by atoms with Gasteiger partial charge in [0.2, 0.25) is 5.91 Å².